The number of methoxy groups -OCH3 is 1. The number of phenolic OH excluding ortho intramolecular Hbond substituents is 1. The van der Waals surface area contributed by atoms with Crippen molar-refractivity contribution in [2.75, 3.05) is 7.11 Å². The van der Waals surface area contributed by atoms with E-state index in [1.165, 1.54) is 13.2 Å². The van der Waals surface area contributed by atoms with E-state index in [1.54, 1.807) is 44.2 Å². The predicted octanol–water partition coefficient (Wildman–Crippen LogP) is 5.22. The molecule has 0 bridgehead atoms. The van der Waals surface area contributed by atoms with E-state index in [0.717, 1.165) is 5.56 Å². The Morgan fingerprint density at radius 3 is 2.12 bits per heavy atom. The van der Waals surface area contributed by atoms with Crippen molar-refractivity contribution in [2.24, 2.45) is 0 Å². The Labute approximate surface area is 187 Å². The molecule has 0 saturated carbocycles. The normalized spacial score (nSPS) is 10.6. The van der Waals surface area contributed by atoms with E-state index in [4.69, 9.17) is 14.2 Å². The summed E-state index contributed by atoms with van der Waals surface area (Å²) in [6.45, 7) is 3.81. The van der Waals surface area contributed by atoms with Crippen LogP contribution in [0.3, 0.4) is 0 Å². The van der Waals surface area contributed by atoms with Crippen LogP contribution in [0.15, 0.2) is 66.7 Å². The monoisotopic (exact) mass is 434 g/mol. The van der Waals surface area contributed by atoms with Crippen LogP contribution in [-0.4, -0.2) is 29.9 Å². The van der Waals surface area contributed by atoms with Crippen LogP contribution in [-0.2, 0) is 6.61 Å². The third-order valence-corrected chi connectivity index (χ3v) is 4.67. The van der Waals surface area contributed by atoms with E-state index in [9.17, 15) is 14.7 Å². The molecule has 6 nitrogen and oxygen atoms in total. The Morgan fingerprint density at radius 2 is 1.53 bits per heavy atom. The van der Waals surface area contributed by atoms with Gasteiger partial charge >= 0.3 is 0 Å². The van der Waals surface area contributed by atoms with Crippen molar-refractivity contribution in [1.29, 1.82) is 0 Å². The predicted molar refractivity (Wildman–Crippen MR) is 121 cm³/mol. The fourth-order valence-electron chi connectivity index (χ4n) is 3.22. The van der Waals surface area contributed by atoms with E-state index in [2.05, 4.69) is 0 Å². The number of aromatic hydroxyl groups is 1. The maximum absolute atomic E-state index is 13.1. The minimum atomic E-state index is -0.570. The highest BCUT2D eigenvalue weighted by Crippen LogP contribution is 2.46. The average Bonchev–Trinajstić information content (AvgIpc) is 2.78. The number of phenols is 1. The maximum Gasteiger partial charge on any atom is 0.204 e. The number of rotatable bonds is 10. The third-order valence-electron chi connectivity index (χ3n) is 4.67. The molecule has 0 aliphatic rings. The second-order valence-electron chi connectivity index (χ2n) is 7.46. The number of carbonyl (C=O) groups is 2. The average molecular weight is 434 g/mol. The van der Waals surface area contributed by atoms with Crippen molar-refractivity contribution >= 4 is 11.6 Å². The molecule has 0 saturated heterocycles. The van der Waals surface area contributed by atoms with Crippen LogP contribution in [0, 0.1) is 0 Å². The highest BCUT2D eigenvalue weighted by molar-refractivity contribution is 6.15. The molecule has 0 fully saturated rings. The molecule has 0 spiro atoms. The number of carbonyl (C=O) groups excluding carboxylic acids is 2. The van der Waals surface area contributed by atoms with Gasteiger partial charge in [0.15, 0.2) is 23.1 Å². The largest absolute Gasteiger partial charge is 0.507 e. The molecule has 0 heterocycles. The molecule has 0 amide bonds. The molecule has 32 heavy (non-hydrogen) atoms. The Bertz CT molecular complexity index is 1070. The zero-order chi connectivity index (χ0) is 23.1. The summed E-state index contributed by atoms with van der Waals surface area (Å²) < 4.78 is 17.2. The topological polar surface area (TPSA) is 82.1 Å². The van der Waals surface area contributed by atoms with E-state index in [1.807, 2.05) is 30.3 Å². The van der Waals surface area contributed by atoms with Gasteiger partial charge < -0.3 is 19.3 Å². The summed E-state index contributed by atoms with van der Waals surface area (Å²) in [7, 11) is 1.43. The van der Waals surface area contributed by atoms with Crippen molar-refractivity contribution in [3.63, 3.8) is 0 Å². The molecular formula is C26H26O6. The lowest BCUT2D eigenvalue weighted by Crippen LogP contribution is -2.15. The first-order valence-electron chi connectivity index (χ1n) is 10.3. The van der Waals surface area contributed by atoms with Crippen molar-refractivity contribution in [3.8, 4) is 23.0 Å². The van der Waals surface area contributed by atoms with Crippen LogP contribution in [0.1, 0.15) is 46.5 Å². The number of Topliss-reactive ketones (excluding diaryl/α,β-unsaturated/α-hetero) is 2. The molecular weight excluding hydrogens is 408 g/mol. The van der Waals surface area contributed by atoms with E-state index < -0.39 is 12.2 Å². The number of ether oxygens (including phenoxy) is 3. The van der Waals surface area contributed by atoms with Crippen molar-refractivity contribution < 1.29 is 28.9 Å². The van der Waals surface area contributed by atoms with Gasteiger partial charge in [0, 0.05) is 11.6 Å². The lowest BCUT2D eigenvalue weighted by molar-refractivity contribution is 0.0889. The molecule has 1 N–H and O–H groups in total. The summed E-state index contributed by atoms with van der Waals surface area (Å²) in [5.41, 5.74) is 1.24. The lowest BCUT2D eigenvalue weighted by Gasteiger charge is -2.20. The van der Waals surface area contributed by atoms with E-state index in [0.29, 0.717) is 5.56 Å². The van der Waals surface area contributed by atoms with Gasteiger partial charge in [-0.15, -0.1) is 0 Å². The molecule has 3 aromatic rings. The summed E-state index contributed by atoms with van der Waals surface area (Å²) >= 11 is 0. The standard InChI is InChI=1S/C26H26O6/c1-17(2)32-26-24(21(28)14-20(27)19-12-8-5-9-13-19)22(29)15-23(25(26)30-3)31-16-18-10-6-4-7-11-18/h4-13,15,17,29H,14,16H2,1-3H3. The van der Waals surface area contributed by atoms with Gasteiger partial charge in [0.1, 0.15) is 17.9 Å². The molecule has 0 radical (unpaired) electrons. The molecule has 3 rings (SSSR count). The van der Waals surface area contributed by atoms with E-state index >= 15 is 0 Å². The fraction of sp³-hybridized carbons (Fsp3) is 0.231. The zero-order valence-corrected chi connectivity index (χ0v) is 18.3. The van der Waals surface area contributed by atoms with Crippen LogP contribution >= 0.6 is 0 Å². The first kappa shape index (κ1) is 22.9. The van der Waals surface area contributed by atoms with Gasteiger partial charge in [0.05, 0.1) is 19.6 Å². The second kappa shape index (κ2) is 10.5. The lowest BCUT2D eigenvalue weighted by atomic mass is 9.99. The van der Waals surface area contributed by atoms with Crippen LogP contribution in [0.5, 0.6) is 23.0 Å². The highest BCUT2D eigenvalue weighted by atomic mass is 16.5. The fourth-order valence-corrected chi connectivity index (χ4v) is 3.22. The number of hydrogen-bond donors (Lipinski definition) is 1. The van der Waals surface area contributed by atoms with Gasteiger partial charge in [-0.1, -0.05) is 60.7 Å². The summed E-state index contributed by atoms with van der Waals surface area (Å²) in [5, 5.41) is 10.7. The minimum Gasteiger partial charge on any atom is -0.507 e. The van der Waals surface area contributed by atoms with E-state index in [-0.39, 0.29) is 47.1 Å². The molecule has 6 heteroatoms. The van der Waals surface area contributed by atoms with Crippen molar-refractivity contribution in [3.05, 3.63) is 83.4 Å². The minimum absolute atomic E-state index is 0.0522. The van der Waals surface area contributed by atoms with Crippen molar-refractivity contribution in [2.45, 2.75) is 33.0 Å². The third kappa shape index (κ3) is 5.46. The Kier molecular flexibility index (Phi) is 7.49. The van der Waals surface area contributed by atoms with Gasteiger partial charge in [-0.05, 0) is 19.4 Å². The van der Waals surface area contributed by atoms with Crippen LogP contribution < -0.4 is 14.2 Å². The highest BCUT2D eigenvalue weighted by Gasteiger charge is 2.28. The summed E-state index contributed by atoms with van der Waals surface area (Å²) in [4.78, 5) is 25.6. The molecule has 3 aromatic carbocycles. The molecule has 0 aliphatic heterocycles. The molecule has 0 aliphatic carbocycles. The van der Waals surface area contributed by atoms with Gasteiger partial charge in [0.25, 0.3) is 0 Å². The number of benzene rings is 3. The SMILES string of the molecule is COc1c(OCc2ccccc2)cc(O)c(C(=O)CC(=O)c2ccccc2)c1OC(C)C. The Hall–Kier alpha value is -3.80. The summed E-state index contributed by atoms with van der Waals surface area (Å²) in [5.74, 6) is -0.793. The van der Waals surface area contributed by atoms with Gasteiger partial charge in [-0.25, -0.2) is 0 Å². The molecule has 166 valence electrons. The van der Waals surface area contributed by atoms with Crippen LogP contribution in [0.4, 0.5) is 0 Å². The second-order valence-corrected chi connectivity index (χ2v) is 7.46. The summed E-state index contributed by atoms with van der Waals surface area (Å²) in [6, 6.07) is 19.3. The quantitative estimate of drug-likeness (QED) is 0.348. The molecule has 0 unspecified atom stereocenters. The Balaban J connectivity index is 1.95. The molecule has 0 aromatic heterocycles. The maximum atomic E-state index is 13.1. The first-order valence-corrected chi connectivity index (χ1v) is 10.3. The molecule has 0 atom stereocenters. The van der Waals surface area contributed by atoms with Crippen LogP contribution in [0.25, 0.3) is 0 Å². The Morgan fingerprint density at radius 1 is 0.906 bits per heavy atom. The van der Waals surface area contributed by atoms with Gasteiger partial charge in [0.2, 0.25) is 5.75 Å². The number of ketones is 2. The van der Waals surface area contributed by atoms with Gasteiger partial charge in [-0.2, -0.15) is 0 Å². The number of hydrogen-bond acceptors (Lipinski definition) is 6. The van der Waals surface area contributed by atoms with Crippen molar-refractivity contribution in [1.82, 2.24) is 0 Å². The first-order chi connectivity index (χ1) is 15.4. The van der Waals surface area contributed by atoms with Crippen LogP contribution in [0.2, 0.25) is 0 Å². The zero-order valence-electron chi connectivity index (χ0n) is 18.3. The van der Waals surface area contributed by atoms with Gasteiger partial charge in [-0.3, -0.25) is 9.59 Å². The smallest absolute Gasteiger partial charge is 0.204 e. The summed E-state index contributed by atoms with van der Waals surface area (Å²) in [6.07, 6.45) is -0.733.